The molecule has 1 rings (SSSR count). The molecule has 1 aromatic carbocycles. The second-order valence-electron chi connectivity index (χ2n) is 4.63. The molecule has 0 aromatic heterocycles. The van der Waals surface area contributed by atoms with Crippen molar-refractivity contribution in [3.05, 3.63) is 23.8 Å². The molecule has 19 heavy (non-hydrogen) atoms. The van der Waals surface area contributed by atoms with Crippen LogP contribution < -0.4 is 9.47 Å². The summed E-state index contributed by atoms with van der Waals surface area (Å²) >= 11 is 6.20. The van der Waals surface area contributed by atoms with Crippen LogP contribution in [0.15, 0.2) is 18.2 Å². The van der Waals surface area contributed by atoms with Gasteiger partial charge in [-0.3, -0.25) is 0 Å². The Kier molecular flexibility index (Phi) is 7.73. The largest absolute Gasteiger partial charge is 0.490 e. The van der Waals surface area contributed by atoms with E-state index in [2.05, 4.69) is 26.0 Å². The molecule has 0 amide bonds. The SMILES string of the molecule is CCCCOc1ccc(CC(Cl)CC)cc1OCC. The Morgan fingerprint density at radius 3 is 2.53 bits per heavy atom. The van der Waals surface area contributed by atoms with Gasteiger partial charge in [0.05, 0.1) is 13.2 Å². The van der Waals surface area contributed by atoms with Crippen LogP contribution in [0.5, 0.6) is 11.5 Å². The molecule has 0 saturated carbocycles. The molecule has 1 aromatic rings. The third kappa shape index (κ3) is 5.73. The second kappa shape index (κ2) is 9.08. The Bertz CT molecular complexity index is 366. The van der Waals surface area contributed by atoms with Crippen molar-refractivity contribution in [1.82, 2.24) is 0 Å². The predicted octanol–water partition coefficient (Wildman–Crippen LogP) is 4.82. The summed E-state index contributed by atoms with van der Waals surface area (Å²) in [6.07, 6.45) is 4.03. The van der Waals surface area contributed by atoms with Crippen molar-refractivity contribution in [1.29, 1.82) is 0 Å². The quantitative estimate of drug-likeness (QED) is 0.478. The van der Waals surface area contributed by atoms with Gasteiger partial charge >= 0.3 is 0 Å². The van der Waals surface area contributed by atoms with Crippen molar-refractivity contribution in [3.63, 3.8) is 0 Å². The summed E-state index contributed by atoms with van der Waals surface area (Å²) in [5, 5.41) is 0.182. The molecule has 0 radical (unpaired) electrons. The number of hydrogen-bond donors (Lipinski definition) is 0. The van der Waals surface area contributed by atoms with E-state index in [1.54, 1.807) is 0 Å². The normalized spacial score (nSPS) is 12.2. The minimum atomic E-state index is 0.182. The first-order valence-corrected chi connectivity index (χ1v) is 7.67. The maximum absolute atomic E-state index is 6.20. The Labute approximate surface area is 122 Å². The molecule has 0 saturated heterocycles. The first-order chi connectivity index (χ1) is 9.21. The highest BCUT2D eigenvalue weighted by Gasteiger charge is 2.09. The molecule has 2 nitrogen and oxygen atoms in total. The van der Waals surface area contributed by atoms with Crippen LogP contribution in [0.2, 0.25) is 0 Å². The van der Waals surface area contributed by atoms with Crippen LogP contribution in [-0.2, 0) is 6.42 Å². The average molecular weight is 285 g/mol. The van der Waals surface area contributed by atoms with Crippen molar-refractivity contribution in [2.75, 3.05) is 13.2 Å². The van der Waals surface area contributed by atoms with Crippen LogP contribution in [0.1, 0.15) is 45.6 Å². The summed E-state index contributed by atoms with van der Waals surface area (Å²) in [7, 11) is 0. The van der Waals surface area contributed by atoms with Gasteiger partial charge in [-0.1, -0.05) is 26.3 Å². The maximum Gasteiger partial charge on any atom is 0.161 e. The first kappa shape index (κ1) is 16.2. The number of alkyl halides is 1. The molecule has 0 N–H and O–H groups in total. The number of halogens is 1. The van der Waals surface area contributed by atoms with E-state index in [4.69, 9.17) is 21.1 Å². The van der Waals surface area contributed by atoms with Crippen molar-refractivity contribution < 1.29 is 9.47 Å². The van der Waals surface area contributed by atoms with E-state index < -0.39 is 0 Å². The van der Waals surface area contributed by atoms with Crippen molar-refractivity contribution in [2.45, 2.75) is 51.8 Å². The van der Waals surface area contributed by atoms with E-state index in [-0.39, 0.29) is 5.38 Å². The third-order valence-electron chi connectivity index (χ3n) is 2.96. The van der Waals surface area contributed by atoms with Crippen LogP contribution in [0.3, 0.4) is 0 Å². The highest BCUT2D eigenvalue weighted by atomic mass is 35.5. The lowest BCUT2D eigenvalue weighted by atomic mass is 10.1. The molecule has 1 unspecified atom stereocenters. The Morgan fingerprint density at radius 2 is 1.89 bits per heavy atom. The fraction of sp³-hybridized carbons (Fsp3) is 0.625. The van der Waals surface area contributed by atoms with E-state index in [1.165, 1.54) is 5.56 Å². The molecular formula is C16H25ClO2. The Morgan fingerprint density at radius 1 is 1.11 bits per heavy atom. The maximum atomic E-state index is 6.20. The summed E-state index contributed by atoms with van der Waals surface area (Å²) in [5.74, 6) is 1.66. The van der Waals surface area contributed by atoms with Gasteiger partial charge < -0.3 is 9.47 Å². The molecule has 0 aliphatic rings. The molecular weight excluding hydrogens is 260 g/mol. The topological polar surface area (TPSA) is 18.5 Å². The highest BCUT2D eigenvalue weighted by Crippen LogP contribution is 2.29. The lowest BCUT2D eigenvalue weighted by Crippen LogP contribution is -2.04. The zero-order valence-corrected chi connectivity index (χ0v) is 13.0. The van der Waals surface area contributed by atoms with Gasteiger partial charge in [-0.2, -0.15) is 0 Å². The van der Waals surface area contributed by atoms with Gasteiger partial charge in [0.2, 0.25) is 0 Å². The van der Waals surface area contributed by atoms with Gasteiger partial charge in [-0.15, -0.1) is 11.6 Å². The summed E-state index contributed by atoms with van der Waals surface area (Å²) in [6.45, 7) is 7.62. The number of rotatable bonds is 9. The minimum absolute atomic E-state index is 0.182. The molecule has 0 bridgehead atoms. The first-order valence-electron chi connectivity index (χ1n) is 7.23. The van der Waals surface area contributed by atoms with Gasteiger partial charge in [-0.05, 0) is 43.9 Å². The average Bonchev–Trinajstić information content (AvgIpc) is 2.41. The summed E-state index contributed by atoms with van der Waals surface area (Å²) in [4.78, 5) is 0. The van der Waals surface area contributed by atoms with E-state index in [9.17, 15) is 0 Å². The van der Waals surface area contributed by atoms with Gasteiger partial charge in [-0.25, -0.2) is 0 Å². The van der Waals surface area contributed by atoms with Crippen LogP contribution in [0.4, 0.5) is 0 Å². The van der Waals surface area contributed by atoms with Gasteiger partial charge in [0, 0.05) is 5.38 Å². The summed E-state index contributed by atoms with van der Waals surface area (Å²) < 4.78 is 11.4. The lowest BCUT2D eigenvalue weighted by Gasteiger charge is -2.14. The Balaban J connectivity index is 2.75. The van der Waals surface area contributed by atoms with Crippen LogP contribution >= 0.6 is 11.6 Å². The molecule has 0 aliphatic carbocycles. The van der Waals surface area contributed by atoms with Crippen molar-refractivity contribution in [3.8, 4) is 11.5 Å². The number of unbranched alkanes of at least 4 members (excludes halogenated alkanes) is 1. The zero-order valence-electron chi connectivity index (χ0n) is 12.2. The molecule has 0 aliphatic heterocycles. The second-order valence-corrected chi connectivity index (χ2v) is 5.24. The molecule has 0 heterocycles. The fourth-order valence-electron chi connectivity index (χ4n) is 1.79. The predicted molar refractivity (Wildman–Crippen MR) is 81.7 cm³/mol. The monoisotopic (exact) mass is 284 g/mol. The van der Waals surface area contributed by atoms with Crippen molar-refractivity contribution >= 4 is 11.6 Å². The summed E-state index contributed by atoms with van der Waals surface area (Å²) in [6, 6.07) is 6.12. The molecule has 3 heteroatoms. The Hall–Kier alpha value is -0.890. The minimum Gasteiger partial charge on any atom is -0.490 e. The standard InChI is InChI=1S/C16H25ClO2/c1-4-7-10-19-15-9-8-13(11-14(17)5-2)12-16(15)18-6-3/h8-9,12,14H,4-7,10-11H2,1-3H3. The van der Waals surface area contributed by atoms with E-state index in [0.29, 0.717) is 6.61 Å². The number of ether oxygens (including phenoxy) is 2. The van der Waals surface area contributed by atoms with E-state index in [1.807, 2.05) is 13.0 Å². The van der Waals surface area contributed by atoms with Crippen LogP contribution in [0, 0.1) is 0 Å². The molecule has 0 spiro atoms. The van der Waals surface area contributed by atoms with Crippen LogP contribution in [-0.4, -0.2) is 18.6 Å². The van der Waals surface area contributed by atoms with Gasteiger partial charge in [0.1, 0.15) is 0 Å². The summed E-state index contributed by atoms with van der Waals surface area (Å²) in [5.41, 5.74) is 1.20. The number of hydrogen-bond acceptors (Lipinski definition) is 2. The fourth-order valence-corrected chi connectivity index (χ4v) is 1.97. The third-order valence-corrected chi connectivity index (χ3v) is 3.43. The molecule has 1 atom stereocenters. The van der Waals surface area contributed by atoms with Crippen LogP contribution in [0.25, 0.3) is 0 Å². The molecule has 108 valence electrons. The highest BCUT2D eigenvalue weighted by molar-refractivity contribution is 6.20. The smallest absolute Gasteiger partial charge is 0.161 e. The zero-order chi connectivity index (χ0) is 14.1. The van der Waals surface area contributed by atoms with E-state index in [0.717, 1.165) is 43.8 Å². The van der Waals surface area contributed by atoms with Gasteiger partial charge in [0.15, 0.2) is 11.5 Å². The molecule has 0 fully saturated rings. The van der Waals surface area contributed by atoms with E-state index >= 15 is 0 Å². The van der Waals surface area contributed by atoms with Gasteiger partial charge in [0.25, 0.3) is 0 Å². The lowest BCUT2D eigenvalue weighted by molar-refractivity contribution is 0.272. The number of benzene rings is 1. The van der Waals surface area contributed by atoms with Crippen molar-refractivity contribution in [2.24, 2.45) is 0 Å².